The number of anilines is 3. The molecule has 1 fully saturated rings. The molecule has 1 aliphatic rings. The Bertz CT molecular complexity index is 733. The fraction of sp³-hybridized carbons (Fsp3) is 0.375. The van der Waals surface area contributed by atoms with E-state index in [1.54, 1.807) is 12.3 Å². The third-order valence-corrected chi connectivity index (χ3v) is 4.26. The van der Waals surface area contributed by atoms with E-state index in [0.717, 1.165) is 24.9 Å². The molecule has 0 aliphatic carbocycles. The van der Waals surface area contributed by atoms with Gasteiger partial charge in [-0.05, 0) is 31.4 Å². The minimum Gasteiger partial charge on any atom is -0.368 e. The lowest BCUT2D eigenvalue weighted by Gasteiger charge is -2.32. The summed E-state index contributed by atoms with van der Waals surface area (Å²) in [6.07, 6.45) is 3.38. The number of pyridine rings is 1. The van der Waals surface area contributed by atoms with Gasteiger partial charge in [-0.2, -0.15) is 4.98 Å². The van der Waals surface area contributed by atoms with Crippen LogP contribution in [0.2, 0.25) is 5.15 Å². The van der Waals surface area contributed by atoms with Gasteiger partial charge in [0.2, 0.25) is 11.9 Å². The Morgan fingerprint density at radius 1 is 1.46 bits per heavy atom. The molecule has 0 aromatic carbocycles. The first-order valence-electron chi connectivity index (χ1n) is 7.80. The van der Waals surface area contributed by atoms with Crippen LogP contribution in [0.15, 0.2) is 24.4 Å². The van der Waals surface area contributed by atoms with Crippen LogP contribution in [0, 0.1) is 12.8 Å². The maximum absolute atomic E-state index is 12.6. The molecule has 0 unspecified atom stereocenters. The van der Waals surface area contributed by atoms with E-state index in [1.807, 2.05) is 24.0 Å². The average molecular weight is 347 g/mol. The van der Waals surface area contributed by atoms with Crippen molar-refractivity contribution in [1.82, 2.24) is 15.0 Å². The molecule has 3 N–H and O–H groups in total. The number of rotatable bonds is 3. The molecule has 0 radical (unpaired) electrons. The monoisotopic (exact) mass is 346 g/mol. The first-order valence-corrected chi connectivity index (χ1v) is 8.18. The number of amides is 1. The fourth-order valence-electron chi connectivity index (χ4n) is 2.82. The van der Waals surface area contributed by atoms with Gasteiger partial charge in [-0.15, -0.1) is 0 Å². The first kappa shape index (κ1) is 16.4. The predicted molar refractivity (Wildman–Crippen MR) is 94.0 cm³/mol. The molecule has 24 heavy (non-hydrogen) atoms. The molecule has 1 atom stereocenters. The fourth-order valence-corrected chi connectivity index (χ4v) is 3.00. The van der Waals surface area contributed by atoms with Crippen molar-refractivity contribution < 1.29 is 4.79 Å². The second-order valence-corrected chi connectivity index (χ2v) is 6.24. The van der Waals surface area contributed by atoms with Gasteiger partial charge in [0.1, 0.15) is 16.8 Å². The molecule has 126 valence electrons. The molecule has 8 heteroatoms. The Labute approximate surface area is 145 Å². The normalized spacial score (nSPS) is 17.6. The van der Waals surface area contributed by atoms with Gasteiger partial charge >= 0.3 is 0 Å². The summed E-state index contributed by atoms with van der Waals surface area (Å²) in [5, 5.41) is 3.21. The molecule has 2 aromatic rings. The van der Waals surface area contributed by atoms with Crippen LogP contribution in [0.1, 0.15) is 18.4 Å². The molecular formula is C16H19ClN6O. The largest absolute Gasteiger partial charge is 0.368 e. The molecule has 1 saturated heterocycles. The van der Waals surface area contributed by atoms with Crippen molar-refractivity contribution in [2.45, 2.75) is 19.8 Å². The summed E-state index contributed by atoms with van der Waals surface area (Å²) < 4.78 is 0. The van der Waals surface area contributed by atoms with Gasteiger partial charge in [-0.1, -0.05) is 17.7 Å². The lowest BCUT2D eigenvalue weighted by atomic mass is 9.97. The minimum absolute atomic E-state index is 0.0328. The molecule has 0 saturated carbocycles. The van der Waals surface area contributed by atoms with E-state index >= 15 is 0 Å². The topological polar surface area (TPSA) is 97.0 Å². The van der Waals surface area contributed by atoms with Crippen molar-refractivity contribution in [2.75, 3.05) is 29.0 Å². The molecule has 3 heterocycles. The van der Waals surface area contributed by atoms with E-state index in [-0.39, 0.29) is 17.8 Å². The summed E-state index contributed by atoms with van der Waals surface area (Å²) in [6.45, 7) is 3.28. The highest BCUT2D eigenvalue weighted by Gasteiger charge is 2.27. The van der Waals surface area contributed by atoms with E-state index < -0.39 is 0 Å². The van der Waals surface area contributed by atoms with Crippen LogP contribution in [-0.4, -0.2) is 33.9 Å². The van der Waals surface area contributed by atoms with Crippen molar-refractivity contribution >= 4 is 35.1 Å². The van der Waals surface area contributed by atoms with E-state index in [0.29, 0.717) is 23.3 Å². The number of piperidine rings is 1. The Hall–Kier alpha value is -2.41. The van der Waals surface area contributed by atoms with Gasteiger partial charge in [0.25, 0.3) is 0 Å². The third-order valence-electron chi connectivity index (χ3n) is 4.07. The second kappa shape index (κ2) is 7.00. The molecule has 0 bridgehead atoms. The number of aryl methyl sites for hydroxylation is 1. The number of carbonyl (C=O) groups excluding carboxylic acids is 1. The van der Waals surface area contributed by atoms with Gasteiger partial charge in [0, 0.05) is 25.4 Å². The Morgan fingerprint density at radius 2 is 2.29 bits per heavy atom. The molecule has 2 aromatic heterocycles. The zero-order valence-electron chi connectivity index (χ0n) is 13.4. The number of hydrogen-bond acceptors (Lipinski definition) is 6. The van der Waals surface area contributed by atoms with Crippen molar-refractivity contribution in [3.05, 3.63) is 35.1 Å². The van der Waals surface area contributed by atoms with Crippen molar-refractivity contribution in [1.29, 1.82) is 0 Å². The maximum atomic E-state index is 12.6. The number of nitrogens with zero attached hydrogens (tertiary/aromatic N) is 4. The van der Waals surface area contributed by atoms with Crippen LogP contribution in [0.4, 0.5) is 17.6 Å². The number of nitrogens with one attached hydrogen (secondary N) is 1. The van der Waals surface area contributed by atoms with Crippen LogP contribution in [0.3, 0.4) is 0 Å². The van der Waals surface area contributed by atoms with Crippen LogP contribution in [-0.2, 0) is 4.79 Å². The molecule has 1 amide bonds. The Kier molecular flexibility index (Phi) is 4.80. The number of nitrogens with two attached hydrogens (primary N) is 1. The van der Waals surface area contributed by atoms with Crippen LogP contribution < -0.4 is 16.0 Å². The average Bonchev–Trinajstić information content (AvgIpc) is 2.56. The first-order chi connectivity index (χ1) is 11.5. The molecule has 1 aliphatic heterocycles. The second-order valence-electron chi connectivity index (χ2n) is 5.85. The van der Waals surface area contributed by atoms with Crippen LogP contribution in [0.25, 0.3) is 0 Å². The van der Waals surface area contributed by atoms with Gasteiger partial charge in [-0.3, -0.25) is 4.79 Å². The van der Waals surface area contributed by atoms with Gasteiger partial charge in [-0.25, -0.2) is 9.97 Å². The van der Waals surface area contributed by atoms with Crippen LogP contribution in [0.5, 0.6) is 0 Å². The standard InChI is InChI=1S/C16H19ClN6O/c1-10-4-2-6-19-14(10)22-15(24)11-5-3-7-23(9-11)13-8-12(17)20-16(18)21-13/h2,4,6,8,11H,3,5,7,9H2,1H3,(H2,18,20,21)(H,19,22,24)/t11-/m1/s1. The zero-order valence-corrected chi connectivity index (χ0v) is 14.1. The summed E-state index contributed by atoms with van der Waals surface area (Å²) in [7, 11) is 0. The summed E-state index contributed by atoms with van der Waals surface area (Å²) in [6, 6.07) is 5.43. The van der Waals surface area contributed by atoms with Crippen molar-refractivity contribution in [2.24, 2.45) is 5.92 Å². The smallest absolute Gasteiger partial charge is 0.230 e. The third kappa shape index (κ3) is 3.73. The van der Waals surface area contributed by atoms with Crippen molar-refractivity contribution in [3.8, 4) is 0 Å². The highest BCUT2D eigenvalue weighted by molar-refractivity contribution is 6.29. The quantitative estimate of drug-likeness (QED) is 0.827. The molecule has 7 nitrogen and oxygen atoms in total. The van der Waals surface area contributed by atoms with E-state index in [2.05, 4.69) is 20.3 Å². The van der Waals surface area contributed by atoms with E-state index in [9.17, 15) is 4.79 Å². The zero-order chi connectivity index (χ0) is 17.1. The lowest BCUT2D eigenvalue weighted by molar-refractivity contribution is -0.120. The SMILES string of the molecule is Cc1cccnc1NC(=O)[C@@H]1CCCN(c2cc(Cl)nc(N)n2)C1. The highest BCUT2D eigenvalue weighted by Crippen LogP contribution is 2.25. The lowest BCUT2D eigenvalue weighted by Crippen LogP contribution is -2.41. The maximum Gasteiger partial charge on any atom is 0.230 e. The Balaban J connectivity index is 1.71. The summed E-state index contributed by atoms with van der Waals surface area (Å²) in [5.74, 6) is 1.21. The minimum atomic E-state index is -0.143. The number of nitrogen functional groups attached to an aromatic ring is 1. The molecule has 3 rings (SSSR count). The summed E-state index contributed by atoms with van der Waals surface area (Å²) in [5.41, 5.74) is 6.60. The summed E-state index contributed by atoms with van der Waals surface area (Å²) >= 11 is 5.95. The molecule has 0 spiro atoms. The number of hydrogen-bond donors (Lipinski definition) is 2. The van der Waals surface area contributed by atoms with Crippen LogP contribution >= 0.6 is 11.6 Å². The Morgan fingerprint density at radius 3 is 3.04 bits per heavy atom. The van der Waals surface area contributed by atoms with Crippen molar-refractivity contribution in [3.63, 3.8) is 0 Å². The van der Waals surface area contributed by atoms with Gasteiger partial charge in [0.05, 0.1) is 5.92 Å². The summed E-state index contributed by atoms with van der Waals surface area (Å²) in [4.78, 5) is 26.9. The van der Waals surface area contributed by atoms with Gasteiger partial charge < -0.3 is 16.0 Å². The predicted octanol–water partition coefficient (Wildman–Crippen LogP) is 2.27. The molecular weight excluding hydrogens is 328 g/mol. The van der Waals surface area contributed by atoms with E-state index in [1.165, 1.54) is 0 Å². The van der Waals surface area contributed by atoms with E-state index in [4.69, 9.17) is 17.3 Å². The number of carbonyl (C=O) groups is 1. The highest BCUT2D eigenvalue weighted by atomic mass is 35.5. The number of halogens is 1. The van der Waals surface area contributed by atoms with Gasteiger partial charge in [0.15, 0.2) is 0 Å². The number of aromatic nitrogens is 3.